The van der Waals surface area contributed by atoms with Gasteiger partial charge in [-0.15, -0.1) is 10.2 Å². The van der Waals surface area contributed by atoms with Crippen LogP contribution in [0.25, 0.3) is 0 Å². The maximum Gasteiger partial charge on any atom is 0.191 e. The molecule has 0 unspecified atom stereocenters. The van der Waals surface area contributed by atoms with Crippen molar-refractivity contribution in [2.24, 2.45) is 10.4 Å². The molecular formula is C16H32N6. The molecule has 0 fully saturated rings. The normalized spacial score (nSPS) is 12.5. The third kappa shape index (κ3) is 7.43. The van der Waals surface area contributed by atoms with Crippen molar-refractivity contribution in [3.63, 3.8) is 0 Å². The van der Waals surface area contributed by atoms with E-state index in [1.54, 1.807) is 6.33 Å². The molecule has 1 aromatic heterocycles. The fraction of sp³-hybridized carbons (Fsp3) is 0.812. The van der Waals surface area contributed by atoms with Crippen molar-refractivity contribution in [2.75, 3.05) is 19.6 Å². The Morgan fingerprint density at radius 2 is 2.05 bits per heavy atom. The zero-order valence-electron chi connectivity index (χ0n) is 14.8. The number of aryl methyl sites for hydroxylation is 1. The average Bonchev–Trinajstić information content (AvgIpc) is 2.90. The van der Waals surface area contributed by atoms with Crippen LogP contribution >= 0.6 is 0 Å². The zero-order valence-corrected chi connectivity index (χ0v) is 14.8. The minimum atomic E-state index is 0.381. The Morgan fingerprint density at radius 3 is 2.68 bits per heavy atom. The molecule has 0 spiro atoms. The maximum atomic E-state index is 4.63. The van der Waals surface area contributed by atoms with Crippen molar-refractivity contribution < 1.29 is 0 Å². The second-order valence-electron chi connectivity index (χ2n) is 6.65. The molecule has 0 aliphatic heterocycles. The van der Waals surface area contributed by atoms with Crippen LogP contribution in [-0.2, 0) is 13.0 Å². The molecule has 1 aromatic rings. The second kappa shape index (κ2) is 9.43. The van der Waals surface area contributed by atoms with Crippen LogP contribution in [0.15, 0.2) is 11.3 Å². The first-order chi connectivity index (χ1) is 10.5. The van der Waals surface area contributed by atoms with Gasteiger partial charge < -0.3 is 15.2 Å². The summed E-state index contributed by atoms with van der Waals surface area (Å²) in [6, 6.07) is 0. The van der Waals surface area contributed by atoms with Gasteiger partial charge in [-0.25, -0.2) is 0 Å². The van der Waals surface area contributed by atoms with Gasteiger partial charge in [-0.2, -0.15) is 0 Å². The lowest BCUT2D eigenvalue weighted by Gasteiger charge is -2.17. The molecule has 0 saturated carbocycles. The Hall–Kier alpha value is -1.59. The van der Waals surface area contributed by atoms with E-state index < -0.39 is 0 Å². The van der Waals surface area contributed by atoms with Gasteiger partial charge in [0.1, 0.15) is 12.2 Å². The Kier molecular flexibility index (Phi) is 7.91. The molecule has 0 aliphatic rings. The van der Waals surface area contributed by atoms with Crippen LogP contribution in [0, 0.1) is 5.41 Å². The van der Waals surface area contributed by atoms with Gasteiger partial charge in [0, 0.05) is 32.6 Å². The average molecular weight is 308 g/mol. The standard InChI is InChI=1S/C16H32N6/c1-6-14-21-20-13-22(14)12-11-19-15(17-7-2)18-10-8-9-16(3,4)5/h13H,6-12H2,1-5H3,(H2,17,18,19). The molecule has 126 valence electrons. The fourth-order valence-electron chi connectivity index (χ4n) is 2.18. The molecule has 0 atom stereocenters. The quantitative estimate of drug-likeness (QED) is 0.439. The van der Waals surface area contributed by atoms with E-state index in [1.807, 2.05) is 0 Å². The SMILES string of the molecule is CCNC(=NCCCC(C)(C)C)NCCn1cnnc1CC. The molecule has 0 saturated heterocycles. The summed E-state index contributed by atoms with van der Waals surface area (Å²) in [5, 5.41) is 14.7. The summed E-state index contributed by atoms with van der Waals surface area (Å²) >= 11 is 0. The molecule has 2 N–H and O–H groups in total. The number of hydrogen-bond acceptors (Lipinski definition) is 3. The van der Waals surface area contributed by atoms with Crippen LogP contribution in [0.4, 0.5) is 0 Å². The van der Waals surface area contributed by atoms with Gasteiger partial charge >= 0.3 is 0 Å². The first-order valence-corrected chi connectivity index (χ1v) is 8.35. The van der Waals surface area contributed by atoms with E-state index in [0.717, 1.165) is 50.8 Å². The molecule has 1 rings (SSSR count). The number of hydrogen-bond donors (Lipinski definition) is 2. The lowest BCUT2D eigenvalue weighted by Crippen LogP contribution is -2.39. The summed E-state index contributed by atoms with van der Waals surface area (Å²) in [6.45, 7) is 14.4. The number of aromatic nitrogens is 3. The van der Waals surface area contributed by atoms with Crippen LogP contribution < -0.4 is 10.6 Å². The molecular weight excluding hydrogens is 276 g/mol. The maximum absolute atomic E-state index is 4.63. The molecule has 0 aliphatic carbocycles. The summed E-state index contributed by atoms with van der Waals surface area (Å²) in [5.41, 5.74) is 0.381. The molecule has 0 amide bonds. The van der Waals surface area contributed by atoms with Crippen molar-refractivity contribution in [3.8, 4) is 0 Å². The van der Waals surface area contributed by atoms with Crippen LogP contribution in [0.1, 0.15) is 53.3 Å². The van der Waals surface area contributed by atoms with Crippen LogP contribution in [0.3, 0.4) is 0 Å². The van der Waals surface area contributed by atoms with Crippen LogP contribution in [0.2, 0.25) is 0 Å². The third-order valence-corrected chi connectivity index (χ3v) is 3.36. The zero-order chi connectivity index (χ0) is 16.4. The summed E-state index contributed by atoms with van der Waals surface area (Å²) in [4.78, 5) is 4.63. The lowest BCUT2D eigenvalue weighted by atomic mass is 9.91. The van der Waals surface area contributed by atoms with Crippen molar-refractivity contribution in [1.82, 2.24) is 25.4 Å². The van der Waals surface area contributed by atoms with Crippen molar-refractivity contribution in [2.45, 2.75) is 60.4 Å². The van der Waals surface area contributed by atoms with Crippen molar-refractivity contribution in [3.05, 3.63) is 12.2 Å². The van der Waals surface area contributed by atoms with E-state index >= 15 is 0 Å². The predicted molar refractivity (Wildman–Crippen MR) is 92.1 cm³/mol. The van der Waals surface area contributed by atoms with E-state index in [4.69, 9.17) is 0 Å². The van der Waals surface area contributed by atoms with E-state index in [2.05, 4.69) is 65.0 Å². The van der Waals surface area contributed by atoms with Gasteiger partial charge in [0.25, 0.3) is 0 Å². The Labute approximate surface area is 134 Å². The molecule has 22 heavy (non-hydrogen) atoms. The van der Waals surface area contributed by atoms with Crippen LogP contribution in [-0.4, -0.2) is 40.4 Å². The number of rotatable bonds is 8. The predicted octanol–water partition coefficient (Wildman–Crippen LogP) is 2.22. The summed E-state index contributed by atoms with van der Waals surface area (Å²) in [5.74, 6) is 1.91. The van der Waals surface area contributed by atoms with E-state index in [0.29, 0.717) is 5.41 Å². The monoisotopic (exact) mass is 308 g/mol. The largest absolute Gasteiger partial charge is 0.357 e. The Balaban J connectivity index is 2.37. The summed E-state index contributed by atoms with van der Waals surface area (Å²) in [6.07, 6.45) is 5.00. The second-order valence-corrected chi connectivity index (χ2v) is 6.65. The number of nitrogens with one attached hydrogen (secondary N) is 2. The highest BCUT2D eigenvalue weighted by atomic mass is 15.3. The third-order valence-electron chi connectivity index (χ3n) is 3.36. The topological polar surface area (TPSA) is 67.1 Å². The number of guanidine groups is 1. The highest BCUT2D eigenvalue weighted by Gasteiger charge is 2.08. The fourth-order valence-corrected chi connectivity index (χ4v) is 2.18. The van der Waals surface area contributed by atoms with Gasteiger partial charge in [-0.05, 0) is 25.2 Å². The smallest absolute Gasteiger partial charge is 0.191 e. The molecule has 0 radical (unpaired) electrons. The van der Waals surface area contributed by atoms with Gasteiger partial charge in [0.05, 0.1) is 0 Å². The Morgan fingerprint density at radius 1 is 1.27 bits per heavy atom. The molecule has 0 aromatic carbocycles. The summed E-state index contributed by atoms with van der Waals surface area (Å²) < 4.78 is 2.08. The van der Waals surface area contributed by atoms with Gasteiger partial charge in [0.15, 0.2) is 5.96 Å². The van der Waals surface area contributed by atoms with Crippen molar-refractivity contribution in [1.29, 1.82) is 0 Å². The van der Waals surface area contributed by atoms with E-state index in [-0.39, 0.29) is 0 Å². The first kappa shape index (κ1) is 18.5. The van der Waals surface area contributed by atoms with Gasteiger partial charge in [0.2, 0.25) is 0 Å². The van der Waals surface area contributed by atoms with E-state index in [1.165, 1.54) is 6.42 Å². The minimum absolute atomic E-state index is 0.381. The number of aliphatic imine (C=N–C) groups is 1. The highest BCUT2D eigenvalue weighted by Crippen LogP contribution is 2.20. The van der Waals surface area contributed by atoms with Crippen molar-refractivity contribution >= 4 is 5.96 Å². The molecule has 6 nitrogen and oxygen atoms in total. The number of nitrogens with zero attached hydrogens (tertiary/aromatic N) is 4. The summed E-state index contributed by atoms with van der Waals surface area (Å²) in [7, 11) is 0. The molecule has 6 heteroatoms. The lowest BCUT2D eigenvalue weighted by molar-refractivity contribution is 0.368. The Bertz CT molecular complexity index is 444. The van der Waals surface area contributed by atoms with Crippen LogP contribution in [0.5, 0.6) is 0 Å². The van der Waals surface area contributed by atoms with E-state index in [9.17, 15) is 0 Å². The molecule has 0 bridgehead atoms. The minimum Gasteiger partial charge on any atom is -0.357 e. The highest BCUT2D eigenvalue weighted by molar-refractivity contribution is 5.79. The van der Waals surface area contributed by atoms with Gasteiger partial charge in [-0.3, -0.25) is 4.99 Å². The first-order valence-electron chi connectivity index (χ1n) is 8.35. The van der Waals surface area contributed by atoms with Gasteiger partial charge in [-0.1, -0.05) is 27.7 Å². The molecule has 1 heterocycles.